The summed E-state index contributed by atoms with van der Waals surface area (Å²) in [4.78, 5) is 11.3. The van der Waals surface area contributed by atoms with Crippen LogP contribution >= 0.6 is 0 Å². The van der Waals surface area contributed by atoms with Crippen molar-refractivity contribution in [3.63, 3.8) is 0 Å². The number of benzene rings is 1. The molecule has 2 aliphatic rings. The molecule has 3 heterocycles. The molecule has 1 aromatic carbocycles. The Morgan fingerprint density at radius 1 is 1.29 bits per heavy atom. The highest BCUT2D eigenvalue weighted by molar-refractivity contribution is 5.80. The number of hydrogen-bond acceptors (Lipinski definition) is 5. The normalized spacial score (nSPS) is 23.0. The first-order valence-corrected chi connectivity index (χ1v) is 11.0. The zero-order chi connectivity index (χ0) is 21.8. The Morgan fingerprint density at radius 3 is 2.94 bits per heavy atom. The molecule has 0 spiro atoms. The van der Waals surface area contributed by atoms with Crippen LogP contribution in [0.3, 0.4) is 0 Å². The summed E-state index contributed by atoms with van der Waals surface area (Å²) in [5, 5.41) is 7.04. The number of fused-ring (bicyclic) bond motifs is 1. The molecule has 2 aromatic rings. The Hall–Kier alpha value is -2.80. The topological polar surface area (TPSA) is 71.0 Å². The predicted molar refractivity (Wildman–Crippen MR) is 124 cm³/mol. The highest BCUT2D eigenvalue weighted by Gasteiger charge is 2.34. The first kappa shape index (κ1) is 21.4. The van der Waals surface area contributed by atoms with Crippen LogP contribution in [0.15, 0.2) is 47.6 Å². The molecule has 31 heavy (non-hydrogen) atoms. The largest absolute Gasteiger partial charge is 0.487 e. The molecule has 1 saturated heterocycles. The van der Waals surface area contributed by atoms with Crippen molar-refractivity contribution in [2.75, 3.05) is 31.6 Å². The van der Waals surface area contributed by atoms with Crippen molar-refractivity contribution >= 4 is 11.8 Å². The summed E-state index contributed by atoms with van der Waals surface area (Å²) < 4.78 is 11.8. The number of ether oxygens (including phenoxy) is 2. The monoisotopic (exact) mass is 423 g/mol. The van der Waals surface area contributed by atoms with Crippen molar-refractivity contribution in [3.05, 3.63) is 53.7 Å². The van der Waals surface area contributed by atoms with E-state index in [1.807, 2.05) is 24.4 Å². The number of anilines is 1. The van der Waals surface area contributed by atoms with Gasteiger partial charge in [0, 0.05) is 44.9 Å². The Kier molecular flexibility index (Phi) is 6.32. The summed E-state index contributed by atoms with van der Waals surface area (Å²) >= 11 is 0. The Bertz CT molecular complexity index is 930. The number of nitrogens with one attached hydrogen (secondary N) is 2. The average molecular weight is 424 g/mol. The summed E-state index contributed by atoms with van der Waals surface area (Å²) in [7, 11) is 1.80. The van der Waals surface area contributed by atoms with Gasteiger partial charge < -0.3 is 25.0 Å². The second-order valence-corrected chi connectivity index (χ2v) is 8.88. The molecule has 166 valence electrons. The van der Waals surface area contributed by atoms with E-state index in [4.69, 9.17) is 9.47 Å². The van der Waals surface area contributed by atoms with Crippen LogP contribution in [0.25, 0.3) is 0 Å². The molecule has 1 aromatic heterocycles. The van der Waals surface area contributed by atoms with Gasteiger partial charge in [-0.15, -0.1) is 0 Å². The SMILES string of the molecule is CN=C(NCc1ccnc(N2CCOC(C)C2)c1)NC1CC(C)(C)Oc2ccccc21. The van der Waals surface area contributed by atoms with Crippen LogP contribution in [0.4, 0.5) is 5.82 Å². The van der Waals surface area contributed by atoms with Gasteiger partial charge in [-0.2, -0.15) is 0 Å². The molecule has 7 nitrogen and oxygen atoms in total. The lowest BCUT2D eigenvalue weighted by atomic mass is 9.90. The highest BCUT2D eigenvalue weighted by Crippen LogP contribution is 2.39. The molecule has 0 aliphatic carbocycles. The van der Waals surface area contributed by atoms with E-state index in [0.29, 0.717) is 6.54 Å². The van der Waals surface area contributed by atoms with Crippen LogP contribution < -0.4 is 20.3 Å². The van der Waals surface area contributed by atoms with Gasteiger partial charge in [-0.25, -0.2) is 4.98 Å². The third-order valence-electron chi connectivity index (χ3n) is 5.75. The summed E-state index contributed by atoms with van der Waals surface area (Å²) in [5.74, 6) is 2.71. The van der Waals surface area contributed by atoms with Crippen molar-refractivity contribution < 1.29 is 9.47 Å². The van der Waals surface area contributed by atoms with E-state index in [9.17, 15) is 0 Å². The standard InChI is InChI=1S/C24H33N5O2/c1-17-16-29(11-12-30-17)22-13-18(9-10-26-22)15-27-23(25-4)28-20-14-24(2,3)31-21-8-6-5-7-19(20)21/h5-10,13,17,20H,11-12,14-16H2,1-4H3,(H2,25,27,28). The van der Waals surface area contributed by atoms with Crippen LogP contribution in [0.5, 0.6) is 5.75 Å². The van der Waals surface area contributed by atoms with Crippen molar-refractivity contribution in [1.82, 2.24) is 15.6 Å². The molecule has 2 aliphatic heterocycles. The van der Waals surface area contributed by atoms with Gasteiger partial charge in [0.05, 0.1) is 18.8 Å². The number of morpholine rings is 1. The van der Waals surface area contributed by atoms with Crippen LogP contribution in [0, 0.1) is 0 Å². The van der Waals surface area contributed by atoms with E-state index in [2.05, 4.69) is 64.5 Å². The van der Waals surface area contributed by atoms with Gasteiger partial charge in [0.1, 0.15) is 17.2 Å². The van der Waals surface area contributed by atoms with E-state index < -0.39 is 0 Å². The fourth-order valence-electron chi connectivity index (χ4n) is 4.25. The van der Waals surface area contributed by atoms with E-state index in [1.54, 1.807) is 7.05 Å². The first-order valence-electron chi connectivity index (χ1n) is 11.0. The number of rotatable bonds is 4. The van der Waals surface area contributed by atoms with E-state index in [0.717, 1.165) is 49.2 Å². The second kappa shape index (κ2) is 9.14. The maximum Gasteiger partial charge on any atom is 0.191 e. The number of nitrogens with zero attached hydrogens (tertiary/aromatic N) is 3. The van der Waals surface area contributed by atoms with Gasteiger partial charge in [-0.05, 0) is 44.5 Å². The lowest BCUT2D eigenvalue weighted by molar-refractivity contribution is 0.0529. The molecule has 1 fully saturated rings. The Morgan fingerprint density at radius 2 is 2.13 bits per heavy atom. The van der Waals surface area contributed by atoms with Crippen molar-refractivity contribution in [2.24, 2.45) is 4.99 Å². The van der Waals surface area contributed by atoms with E-state index in [1.165, 1.54) is 5.56 Å². The molecule has 2 N–H and O–H groups in total. The van der Waals surface area contributed by atoms with Crippen LogP contribution in [-0.4, -0.2) is 49.4 Å². The zero-order valence-electron chi connectivity index (χ0n) is 18.9. The third-order valence-corrected chi connectivity index (χ3v) is 5.75. The minimum absolute atomic E-state index is 0.133. The third kappa shape index (κ3) is 5.28. The summed E-state index contributed by atoms with van der Waals surface area (Å²) in [6, 6.07) is 12.5. The van der Waals surface area contributed by atoms with Gasteiger partial charge in [0.15, 0.2) is 5.96 Å². The number of para-hydroxylation sites is 1. The smallest absolute Gasteiger partial charge is 0.191 e. The number of hydrogen-bond donors (Lipinski definition) is 2. The Balaban J connectivity index is 1.41. The lowest BCUT2D eigenvalue weighted by Gasteiger charge is -2.38. The van der Waals surface area contributed by atoms with Gasteiger partial charge in [-0.3, -0.25) is 4.99 Å². The Labute approximate surface area is 184 Å². The van der Waals surface area contributed by atoms with Crippen molar-refractivity contribution in [3.8, 4) is 5.75 Å². The van der Waals surface area contributed by atoms with Crippen molar-refractivity contribution in [2.45, 2.75) is 51.5 Å². The lowest BCUT2D eigenvalue weighted by Crippen LogP contribution is -2.45. The number of guanidine groups is 1. The van der Waals surface area contributed by atoms with Gasteiger partial charge in [0.2, 0.25) is 0 Å². The molecular formula is C24H33N5O2. The number of pyridine rings is 1. The minimum Gasteiger partial charge on any atom is -0.487 e. The summed E-state index contributed by atoms with van der Waals surface area (Å²) in [6.07, 6.45) is 2.96. The van der Waals surface area contributed by atoms with Crippen molar-refractivity contribution in [1.29, 1.82) is 0 Å². The van der Waals surface area contributed by atoms with Gasteiger partial charge in [-0.1, -0.05) is 18.2 Å². The summed E-state index contributed by atoms with van der Waals surface area (Å²) in [5.41, 5.74) is 2.09. The molecule has 0 amide bonds. The average Bonchev–Trinajstić information content (AvgIpc) is 2.76. The van der Waals surface area contributed by atoms with Crippen LogP contribution in [0.2, 0.25) is 0 Å². The molecule has 2 atom stereocenters. The molecule has 0 bridgehead atoms. The second-order valence-electron chi connectivity index (χ2n) is 8.88. The quantitative estimate of drug-likeness (QED) is 0.581. The fourth-order valence-corrected chi connectivity index (χ4v) is 4.25. The fraction of sp³-hybridized carbons (Fsp3) is 0.500. The number of aromatic nitrogens is 1. The van der Waals surface area contributed by atoms with E-state index >= 15 is 0 Å². The zero-order valence-corrected chi connectivity index (χ0v) is 18.9. The molecule has 0 radical (unpaired) electrons. The van der Waals surface area contributed by atoms with Crippen LogP contribution in [0.1, 0.15) is 44.4 Å². The molecule has 2 unspecified atom stereocenters. The first-order chi connectivity index (χ1) is 14.9. The summed E-state index contributed by atoms with van der Waals surface area (Å²) in [6.45, 7) is 9.50. The maximum atomic E-state index is 6.15. The minimum atomic E-state index is -0.236. The molecular weight excluding hydrogens is 390 g/mol. The highest BCUT2D eigenvalue weighted by atomic mass is 16.5. The van der Waals surface area contributed by atoms with Crippen LogP contribution in [-0.2, 0) is 11.3 Å². The predicted octanol–water partition coefficient (Wildman–Crippen LogP) is 3.27. The van der Waals surface area contributed by atoms with E-state index in [-0.39, 0.29) is 17.7 Å². The molecule has 4 rings (SSSR count). The molecule has 0 saturated carbocycles. The van der Waals surface area contributed by atoms with Gasteiger partial charge >= 0.3 is 0 Å². The van der Waals surface area contributed by atoms with Gasteiger partial charge in [0.25, 0.3) is 0 Å². The number of aliphatic imine (C=N–C) groups is 1. The maximum absolute atomic E-state index is 6.15. The molecule has 7 heteroatoms.